The van der Waals surface area contributed by atoms with Gasteiger partial charge in [0.15, 0.2) is 5.69 Å². The predicted molar refractivity (Wildman–Crippen MR) is 96.2 cm³/mol. The van der Waals surface area contributed by atoms with Crippen molar-refractivity contribution in [2.24, 2.45) is 7.05 Å². The van der Waals surface area contributed by atoms with Crippen LogP contribution in [0.15, 0.2) is 30.3 Å². The van der Waals surface area contributed by atoms with E-state index in [0.29, 0.717) is 0 Å². The number of hydrogen-bond acceptors (Lipinski definition) is 0. The van der Waals surface area contributed by atoms with Gasteiger partial charge >= 0.3 is 0 Å². The van der Waals surface area contributed by atoms with Crippen LogP contribution in [0, 0.1) is 0 Å². The summed E-state index contributed by atoms with van der Waals surface area (Å²) < 4.78 is 2.45. The molecule has 0 N–H and O–H groups in total. The molecule has 0 saturated heterocycles. The van der Waals surface area contributed by atoms with Gasteiger partial charge in [0.2, 0.25) is 5.52 Å². The third-order valence-corrected chi connectivity index (χ3v) is 4.72. The zero-order chi connectivity index (χ0) is 15.8. The van der Waals surface area contributed by atoms with Crippen molar-refractivity contribution < 1.29 is 4.57 Å². The van der Waals surface area contributed by atoms with Crippen molar-refractivity contribution in [2.45, 2.75) is 71.6 Å². The maximum absolute atomic E-state index is 2.45. The third kappa shape index (κ3) is 4.32. The zero-order valence-electron chi connectivity index (χ0n) is 14.7. The molecule has 2 rings (SSSR count). The molecule has 0 aliphatic rings. The molecular formula is C21H32N+. The van der Waals surface area contributed by atoms with E-state index in [9.17, 15) is 0 Å². The van der Waals surface area contributed by atoms with Gasteiger partial charge in [-0.15, -0.1) is 0 Å². The Kier molecular flexibility index (Phi) is 6.89. The number of fused-ring (bicyclic) bond motifs is 1. The quantitative estimate of drug-likeness (QED) is 0.424. The van der Waals surface area contributed by atoms with Crippen molar-refractivity contribution in [1.29, 1.82) is 0 Å². The summed E-state index contributed by atoms with van der Waals surface area (Å²) in [7, 11) is 2.25. The lowest BCUT2D eigenvalue weighted by atomic mass is 9.99. The second kappa shape index (κ2) is 8.92. The SMILES string of the molecule is CCCCCCc1c(CCCCC)cc2ccccc2[n+]1C. The van der Waals surface area contributed by atoms with Gasteiger partial charge in [-0.25, -0.2) is 0 Å². The van der Waals surface area contributed by atoms with Crippen LogP contribution in [-0.4, -0.2) is 0 Å². The topological polar surface area (TPSA) is 3.88 Å². The van der Waals surface area contributed by atoms with Crippen LogP contribution >= 0.6 is 0 Å². The van der Waals surface area contributed by atoms with Gasteiger partial charge < -0.3 is 0 Å². The van der Waals surface area contributed by atoms with Gasteiger partial charge in [0.1, 0.15) is 7.05 Å². The van der Waals surface area contributed by atoms with E-state index in [4.69, 9.17) is 0 Å². The lowest BCUT2D eigenvalue weighted by molar-refractivity contribution is -0.653. The number of aromatic nitrogens is 1. The van der Waals surface area contributed by atoms with E-state index in [-0.39, 0.29) is 0 Å². The van der Waals surface area contributed by atoms with E-state index in [1.54, 1.807) is 11.3 Å². The summed E-state index contributed by atoms with van der Waals surface area (Å²) in [5, 5.41) is 1.38. The van der Waals surface area contributed by atoms with Crippen LogP contribution in [-0.2, 0) is 19.9 Å². The van der Waals surface area contributed by atoms with Gasteiger partial charge in [0.05, 0.1) is 0 Å². The van der Waals surface area contributed by atoms with Gasteiger partial charge in [-0.05, 0) is 31.4 Å². The monoisotopic (exact) mass is 298 g/mol. The highest BCUT2D eigenvalue weighted by Crippen LogP contribution is 2.19. The second-order valence-electron chi connectivity index (χ2n) is 6.50. The zero-order valence-corrected chi connectivity index (χ0v) is 14.7. The van der Waals surface area contributed by atoms with Crippen LogP contribution < -0.4 is 4.57 Å². The number of hydrogen-bond donors (Lipinski definition) is 0. The van der Waals surface area contributed by atoms with E-state index < -0.39 is 0 Å². The lowest BCUT2D eigenvalue weighted by Gasteiger charge is -2.10. The van der Waals surface area contributed by atoms with Crippen molar-refractivity contribution in [3.63, 3.8) is 0 Å². The Morgan fingerprint density at radius 3 is 2.27 bits per heavy atom. The van der Waals surface area contributed by atoms with Crippen molar-refractivity contribution >= 4 is 10.9 Å². The van der Waals surface area contributed by atoms with Crippen LogP contribution in [0.5, 0.6) is 0 Å². The smallest absolute Gasteiger partial charge is 0.198 e. The molecule has 0 fully saturated rings. The third-order valence-electron chi connectivity index (χ3n) is 4.72. The van der Waals surface area contributed by atoms with Gasteiger partial charge in [0, 0.05) is 23.4 Å². The Hall–Kier alpha value is -1.37. The minimum atomic E-state index is 1.22. The molecular weight excluding hydrogens is 266 g/mol. The Morgan fingerprint density at radius 2 is 1.50 bits per heavy atom. The summed E-state index contributed by atoms with van der Waals surface area (Å²) in [6, 6.07) is 11.2. The molecule has 120 valence electrons. The van der Waals surface area contributed by atoms with E-state index in [1.807, 2.05) is 0 Å². The first kappa shape index (κ1) is 17.0. The summed E-state index contributed by atoms with van der Waals surface area (Å²) in [4.78, 5) is 0. The molecule has 0 bridgehead atoms. The molecule has 0 unspecified atom stereocenters. The van der Waals surface area contributed by atoms with E-state index in [2.05, 4.69) is 55.8 Å². The first-order valence-corrected chi connectivity index (χ1v) is 9.17. The maximum Gasteiger partial charge on any atom is 0.212 e. The van der Waals surface area contributed by atoms with Crippen molar-refractivity contribution in [1.82, 2.24) is 0 Å². The Morgan fingerprint density at radius 1 is 0.818 bits per heavy atom. The van der Waals surface area contributed by atoms with E-state index in [1.165, 1.54) is 68.7 Å². The van der Waals surface area contributed by atoms with Gasteiger partial charge in [0.25, 0.3) is 0 Å². The van der Waals surface area contributed by atoms with Gasteiger partial charge in [-0.3, -0.25) is 0 Å². The maximum atomic E-state index is 2.45. The molecule has 2 aromatic rings. The van der Waals surface area contributed by atoms with Crippen molar-refractivity contribution in [3.8, 4) is 0 Å². The van der Waals surface area contributed by atoms with Crippen LogP contribution in [0.2, 0.25) is 0 Å². The number of nitrogens with zero attached hydrogens (tertiary/aromatic N) is 1. The minimum Gasteiger partial charge on any atom is -0.198 e. The molecule has 1 aromatic carbocycles. The second-order valence-corrected chi connectivity index (χ2v) is 6.50. The van der Waals surface area contributed by atoms with Crippen LogP contribution in [0.3, 0.4) is 0 Å². The Bertz CT molecular complexity index is 586. The number of pyridine rings is 1. The molecule has 1 aromatic heterocycles. The summed E-state index contributed by atoms with van der Waals surface area (Å²) in [5.74, 6) is 0. The fourth-order valence-corrected chi connectivity index (χ4v) is 3.38. The van der Waals surface area contributed by atoms with Crippen LogP contribution in [0.4, 0.5) is 0 Å². The summed E-state index contributed by atoms with van der Waals surface area (Å²) >= 11 is 0. The molecule has 0 aliphatic carbocycles. The van der Waals surface area contributed by atoms with Gasteiger partial charge in [-0.1, -0.05) is 58.1 Å². The first-order valence-electron chi connectivity index (χ1n) is 9.17. The molecule has 0 aliphatic heterocycles. The van der Waals surface area contributed by atoms with Crippen molar-refractivity contribution in [2.75, 3.05) is 0 Å². The van der Waals surface area contributed by atoms with Crippen molar-refractivity contribution in [3.05, 3.63) is 41.6 Å². The Balaban J connectivity index is 2.26. The molecule has 1 heterocycles. The standard InChI is InChI=1S/C21H32N/c1-4-6-8-10-15-20-18(13-9-7-5-2)17-19-14-11-12-16-21(19)22(20)3/h11-12,14,16-17H,4-10,13,15H2,1-3H3/q+1. The fraction of sp³-hybridized carbons (Fsp3) is 0.571. The highest BCUT2D eigenvalue weighted by Gasteiger charge is 2.17. The Labute approximate surface area is 136 Å². The molecule has 0 spiro atoms. The molecule has 1 nitrogen and oxygen atoms in total. The summed E-state index contributed by atoms with van der Waals surface area (Å²) in [6.07, 6.45) is 11.8. The molecule has 1 heteroatoms. The molecule has 0 atom stereocenters. The number of rotatable bonds is 9. The molecule has 0 amide bonds. The number of aryl methyl sites for hydroxylation is 2. The summed E-state index contributed by atoms with van der Waals surface area (Å²) in [6.45, 7) is 4.57. The number of benzene rings is 1. The lowest BCUT2D eigenvalue weighted by Crippen LogP contribution is -2.36. The van der Waals surface area contributed by atoms with Gasteiger partial charge in [-0.2, -0.15) is 4.57 Å². The normalized spacial score (nSPS) is 11.2. The van der Waals surface area contributed by atoms with Crippen LogP contribution in [0.1, 0.15) is 70.1 Å². The van der Waals surface area contributed by atoms with E-state index in [0.717, 1.165) is 0 Å². The number of unbranched alkanes of at least 4 members (excludes halogenated alkanes) is 5. The highest BCUT2D eigenvalue weighted by atomic mass is 14.9. The predicted octanol–water partition coefficient (Wildman–Crippen LogP) is 5.52. The first-order chi connectivity index (χ1) is 10.8. The fourth-order valence-electron chi connectivity index (χ4n) is 3.38. The van der Waals surface area contributed by atoms with Crippen LogP contribution in [0.25, 0.3) is 10.9 Å². The molecule has 0 radical (unpaired) electrons. The van der Waals surface area contributed by atoms with E-state index >= 15 is 0 Å². The molecule has 0 saturated carbocycles. The molecule has 22 heavy (non-hydrogen) atoms. The average Bonchev–Trinajstić information content (AvgIpc) is 2.54. The highest BCUT2D eigenvalue weighted by molar-refractivity contribution is 5.76. The largest absolute Gasteiger partial charge is 0.212 e. The minimum absolute atomic E-state index is 1.22. The average molecular weight is 298 g/mol. The summed E-state index contributed by atoms with van der Waals surface area (Å²) in [5.41, 5.74) is 4.50. The number of para-hydroxylation sites is 1.